The Hall–Kier alpha value is -3.09. The highest BCUT2D eigenvalue weighted by Crippen LogP contribution is 2.27. The Balaban J connectivity index is 2.38. The minimum absolute atomic E-state index is 0.0877. The van der Waals surface area contributed by atoms with Crippen molar-refractivity contribution in [2.24, 2.45) is 0 Å². The van der Waals surface area contributed by atoms with Gasteiger partial charge in [0.05, 0.1) is 24.8 Å². The van der Waals surface area contributed by atoms with Crippen LogP contribution < -0.4 is 14.8 Å². The van der Waals surface area contributed by atoms with E-state index in [4.69, 9.17) is 9.47 Å². The van der Waals surface area contributed by atoms with Gasteiger partial charge in [-0.25, -0.2) is 0 Å². The topological polar surface area (TPSA) is 90.7 Å². The monoisotopic (exact) mass is 302 g/mol. The van der Waals surface area contributed by atoms with Crippen molar-refractivity contribution >= 4 is 17.3 Å². The van der Waals surface area contributed by atoms with Crippen LogP contribution in [0, 0.1) is 10.1 Å². The van der Waals surface area contributed by atoms with Crippen molar-refractivity contribution in [1.82, 2.24) is 0 Å². The third-order valence-corrected chi connectivity index (χ3v) is 3.00. The number of carbonyl (C=O) groups excluding carboxylic acids is 1. The molecule has 7 heteroatoms. The van der Waals surface area contributed by atoms with Crippen LogP contribution in [0.2, 0.25) is 0 Å². The summed E-state index contributed by atoms with van der Waals surface area (Å²) >= 11 is 0. The van der Waals surface area contributed by atoms with Crippen LogP contribution in [-0.4, -0.2) is 25.1 Å². The van der Waals surface area contributed by atoms with E-state index in [-0.39, 0.29) is 11.3 Å². The van der Waals surface area contributed by atoms with Gasteiger partial charge in [0.15, 0.2) is 0 Å². The Morgan fingerprint density at radius 3 is 2.50 bits per heavy atom. The van der Waals surface area contributed by atoms with E-state index in [1.807, 2.05) is 0 Å². The molecule has 22 heavy (non-hydrogen) atoms. The summed E-state index contributed by atoms with van der Waals surface area (Å²) < 4.78 is 10.1. The summed E-state index contributed by atoms with van der Waals surface area (Å²) in [4.78, 5) is 22.8. The van der Waals surface area contributed by atoms with Gasteiger partial charge in [-0.3, -0.25) is 14.9 Å². The fourth-order valence-electron chi connectivity index (χ4n) is 1.92. The van der Waals surface area contributed by atoms with E-state index in [0.29, 0.717) is 17.2 Å². The van der Waals surface area contributed by atoms with Gasteiger partial charge < -0.3 is 14.8 Å². The maximum absolute atomic E-state index is 12.3. The number of nitro groups is 1. The van der Waals surface area contributed by atoms with Gasteiger partial charge in [-0.1, -0.05) is 12.1 Å². The van der Waals surface area contributed by atoms with E-state index in [1.54, 1.807) is 24.3 Å². The molecule has 0 saturated heterocycles. The van der Waals surface area contributed by atoms with Crippen LogP contribution in [-0.2, 0) is 0 Å². The number of carbonyl (C=O) groups is 1. The molecule has 1 N–H and O–H groups in total. The smallest absolute Gasteiger partial charge is 0.282 e. The highest BCUT2D eigenvalue weighted by Gasteiger charge is 2.21. The first-order chi connectivity index (χ1) is 10.6. The summed E-state index contributed by atoms with van der Waals surface area (Å²) in [6.45, 7) is 0. The number of rotatable bonds is 5. The van der Waals surface area contributed by atoms with E-state index in [9.17, 15) is 14.9 Å². The molecule has 0 radical (unpaired) electrons. The number of hydrogen-bond donors (Lipinski definition) is 1. The third kappa shape index (κ3) is 3.14. The Morgan fingerprint density at radius 1 is 1.14 bits per heavy atom. The lowest BCUT2D eigenvalue weighted by Crippen LogP contribution is -2.14. The molecule has 0 aliphatic heterocycles. The van der Waals surface area contributed by atoms with Gasteiger partial charge in [0, 0.05) is 6.07 Å². The molecule has 0 aliphatic rings. The van der Waals surface area contributed by atoms with E-state index in [1.165, 1.54) is 32.4 Å². The zero-order valence-electron chi connectivity index (χ0n) is 12.0. The van der Waals surface area contributed by atoms with Crippen LogP contribution in [0.3, 0.4) is 0 Å². The van der Waals surface area contributed by atoms with Gasteiger partial charge in [0.1, 0.15) is 17.1 Å². The van der Waals surface area contributed by atoms with Crippen LogP contribution in [0.1, 0.15) is 10.4 Å². The second-order valence-electron chi connectivity index (χ2n) is 4.29. The number of nitro benzene ring substituents is 1. The average Bonchev–Trinajstić information content (AvgIpc) is 2.54. The van der Waals surface area contributed by atoms with Gasteiger partial charge in [-0.15, -0.1) is 0 Å². The zero-order chi connectivity index (χ0) is 16.1. The number of anilines is 1. The lowest BCUT2D eigenvalue weighted by Gasteiger charge is -2.10. The van der Waals surface area contributed by atoms with Crippen molar-refractivity contribution in [3.8, 4) is 11.5 Å². The summed E-state index contributed by atoms with van der Waals surface area (Å²) in [6.07, 6.45) is 0. The molecule has 0 aliphatic carbocycles. The van der Waals surface area contributed by atoms with Crippen LogP contribution in [0.4, 0.5) is 11.4 Å². The maximum atomic E-state index is 12.3. The minimum atomic E-state index is -0.616. The highest BCUT2D eigenvalue weighted by atomic mass is 16.6. The summed E-state index contributed by atoms with van der Waals surface area (Å²) in [5, 5.41) is 13.7. The van der Waals surface area contributed by atoms with Gasteiger partial charge in [-0.05, 0) is 24.3 Å². The molecule has 0 heterocycles. The molecule has 0 atom stereocenters. The fraction of sp³-hybridized carbons (Fsp3) is 0.133. The van der Waals surface area contributed by atoms with Crippen LogP contribution in [0.5, 0.6) is 11.5 Å². The molecule has 2 aromatic rings. The largest absolute Gasteiger partial charge is 0.497 e. The van der Waals surface area contributed by atoms with Gasteiger partial charge in [-0.2, -0.15) is 0 Å². The molecule has 2 rings (SSSR count). The van der Waals surface area contributed by atoms with Gasteiger partial charge >= 0.3 is 0 Å². The Kier molecular flexibility index (Phi) is 4.57. The third-order valence-electron chi connectivity index (χ3n) is 3.00. The number of ether oxygens (including phenoxy) is 2. The predicted molar refractivity (Wildman–Crippen MR) is 80.6 cm³/mol. The molecule has 114 valence electrons. The molecule has 2 aromatic carbocycles. The molecule has 0 aromatic heterocycles. The van der Waals surface area contributed by atoms with Crippen LogP contribution in [0.25, 0.3) is 0 Å². The van der Waals surface area contributed by atoms with E-state index in [2.05, 4.69) is 5.32 Å². The van der Waals surface area contributed by atoms with Crippen molar-refractivity contribution in [3.05, 3.63) is 58.1 Å². The second kappa shape index (κ2) is 6.57. The van der Waals surface area contributed by atoms with E-state index in [0.717, 1.165) is 0 Å². The number of para-hydroxylation sites is 2. The van der Waals surface area contributed by atoms with E-state index >= 15 is 0 Å². The Morgan fingerprint density at radius 2 is 1.86 bits per heavy atom. The van der Waals surface area contributed by atoms with Gasteiger partial charge in [0.2, 0.25) is 0 Å². The molecule has 0 saturated carbocycles. The van der Waals surface area contributed by atoms with Crippen molar-refractivity contribution in [1.29, 1.82) is 0 Å². The van der Waals surface area contributed by atoms with Crippen molar-refractivity contribution in [2.75, 3.05) is 19.5 Å². The zero-order valence-corrected chi connectivity index (χ0v) is 12.0. The lowest BCUT2D eigenvalue weighted by molar-refractivity contribution is -0.385. The number of methoxy groups -OCH3 is 2. The summed E-state index contributed by atoms with van der Waals surface area (Å²) in [6, 6.07) is 10.8. The fourth-order valence-corrected chi connectivity index (χ4v) is 1.92. The standard InChI is InChI=1S/C15H14N2O5/c1-21-10-7-8-13(17(19)20)11(9-10)15(18)16-12-5-3-4-6-14(12)22-2/h3-9H,1-2H3,(H,16,18). The molecule has 0 spiro atoms. The SMILES string of the molecule is COc1ccc([N+](=O)[O-])c(C(=O)Nc2ccccc2OC)c1. The normalized spacial score (nSPS) is 9.91. The molecule has 0 bridgehead atoms. The predicted octanol–water partition coefficient (Wildman–Crippen LogP) is 2.86. The number of benzene rings is 2. The maximum Gasteiger partial charge on any atom is 0.282 e. The van der Waals surface area contributed by atoms with E-state index < -0.39 is 10.8 Å². The van der Waals surface area contributed by atoms with Crippen molar-refractivity contribution < 1.29 is 19.2 Å². The lowest BCUT2D eigenvalue weighted by atomic mass is 10.1. The first-order valence-corrected chi connectivity index (χ1v) is 6.33. The van der Waals surface area contributed by atoms with Crippen molar-refractivity contribution in [2.45, 2.75) is 0 Å². The quantitative estimate of drug-likeness (QED) is 0.677. The first-order valence-electron chi connectivity index (χ1n) is 6.33. The number of nitrogens with one attached hydrogen (secondary N) is 1. The highest BCUT2D eigenvalue weighted by molar-refractivity contribution is 6.08. The van der Waals surface area contributed by atoms with Crippen LogP contribution in [0.15, 0.2) is 42.5 Å². The van der Waals surface area contributed by atoms with Crippen LogP contribution >= 0.6 is 0 Å². The molecule has 0 unspecified atom stereocenters. The second-order valence-corrected chi connectivity index (χ2v) is 4.29. The molecular weight excluding hydrogens is 288 g/mol. The Labute approximate surface area is 126 Å². The molecule has 1 amide bonds. The molecule has 0 fully saturated rings. The summed E-state index contributed by atoms with van der Waals surface area (Å²) in [5.74, 6) is 0.201. The number of amides is 1. The Bertz CT molecular complexity index is 715. The minimum Gasteiger partial charge on any atom is -0.497 e. The summed E-state index contributed by atoms with van der Waals surface area (Å²) in [5.41, 5.74) is 0.0376. The van der Waals surface area contributed by atoms with Gasteiger partial charge in [0.25, 0.3) is 11.6 Å². The molecule has 7 nitrogen and oxygen atoms in total. The number of hydrogen-bond acceptors (Lipinski definition) is 5. The average molecular weight is 302 g/mol. The first kappa shape index (κ1) is 15.3. The molecular formula is C15H14N2O5. The number of nitrogens with zero attached hydrogens (tertiary/aromatic N) is 1. The summed E-state index contributed by atoms with van der Waals surface area (Å²) in [7, 11) is 2.89. The van der Waals surface area contributed by atoms with Crippen molar-refractivity contribution in [3.63, 3.8) is 0 Å².